The molecule has 0 aliphatic heterocycles. The zero-order chi connectivity index (χ0) is 24.0. The van der Waals surface area contributed by atoms with Gasteiger partial charge in [-0.15, -0.1) is 0 Å². The second-order valence-corrected chi connectivity index (χ2v) is 9.76. The van der Waals surface area contributed by atoms with Crippen LogP contribution in [0.1, 0.15) is 24.1 Å². The van der Waals surface area contributed by atoms with E-state index in [2.05, 4.69) is 5.32 Å². The van der Waals surface area contributed by atoms with E-state index in [9.17, 15) is 17.6 Å². The molecule has 0 fully saturated rings. The predicted octanol–water partition coefficient (Wildman–Crippen LogP) is 4.56. The monoisotopic (exact) mass is 490 g/mol. The van der Waals surface area contributed by atoms with Crippen LogP contribution in [0.4, 0.5) is 4.39 Å². The first kappa shape index (κ1) is 24.7. The van der Waals surface area contributed by atoms with Crippen LogP contribution in [0, 0.1) is 5.82 Å². The van der Waals surface area contributed by atoms with E-state index in [1.165, 1.54) is 55.6 Å². The van der Waals surface area contributed by atoms with Crippen molar-refractivity contribution in [3.8, 4) is 5.75 Å². The lowest BCUT2D eigenvalue weighted by atomic mass is 10.1. The number of nitrogens with zero attached hydrogens (tertiary/aromatic N) is 1. The van der Waals surface area contributed by atoms with Crippen molar-refractivity contribution in [2.75, 3.05) is 13.7 Å². The maximum absolute atomic E-state index is 13.3. The first-order valence-electron chi connectivity index (χ1n) is 10.1. The molecule has 6 nitrogen and oxygen atoms in total. The molecule has 0 radical (unpaired) electrons. The van der Waals surface area contributed by atoms with Gasteiger partial charge in [-0.3, -0.25) is 4.79 Å². The number of halogens is 2. The van der Waals surface area contributed by atoms with Crippen molar-refractivity contribution in [2.45, 2.75) is 24.4 Å². The number of carbonyl (C=O) groups is 1. The summed E-state index contributed by atoms with van der Waals surface area (Å²) in [6.07, 6.45) is 0. The number of rotatable bonds is 9. The van der Waals surface area contributed by atoms with E-state index in [0.717, 1.165) is 9.87 Å². The fourth-order valence-electron chi connectivity index (χ4n) is 3.32. The first-order valence-corrected chi connectivity index (χ1v) is 11.9. The summed E-state index contributed by atoms with van der Waals surface area (Å²) < 4.78 is 46.3. The number of hydrogen-bond donors (Lipinski definition) is 1. The Morgan fingerprint density at radius 1 is 1.06 bits per heavy atom. The van der Waals surface area contributed by atoms with Gasteiger partial charge < -0.3 is 10.1 Å². The predicted molar refractivity (Wildman–Crippen MR) is 125 cm³/mol. The number of sulfonamides is 1. The summed E-state index contributed by atoms with van der Waals surface area (Å²) in [5.41, 5.74) is 1.30. The quantitative estimate of drug-likeness (QED) is 0.477. The number of benzene rings is 3. The van der Waals surface area contributed by atoms with Gasteiger partial charge in [-0.1, -0.05) is 41.9 Å². The van der Waals surface area contributed by atoms with Crippen LogP contribution < -0.4 is 10.1 Å². The van der Waals surface area contributed by atoms with Crippen molar-refractivity contribution in [3.05, 3.63) is 94.8 Å². The summed E-state index contributed by atoms with van der Waals surface area (Å²) in [6, 6.07) is 18.0. The van der Waals surface area contributed by atoms with Gasteiger partial charge in [-0.05, 0) is 55.0 Å². The normalized spacial score (nSPS) is 12.4. The average Bonchev–Trinajstić information content (AvgIpc) is 2.80. The van der Waals surface area contributed by atoms with E-state index in [4.69, 9.17) is 16.3 Å². The third kappa shape index (κ3) is 6.31. The standard InChI is InChI=1S/C24H24ClFN2O4S/c1-17(22-5-3-4-6-23(22)32-2)27-24(29)16-28(15-18-7-11-20(26)12-8-18)33(30,31)21-13-9-19(25)10-14-21/h3-14,17H,15-16H2,1-2H3,(H,27,29)/t17-/m0/s1. The third-order valence-corrected chi connectivity index (χ3v) is 7.08. The lowest BCUT2D eigenvalue weighted by Gasteiger charge is -2.24. The molecule has 0 unspecified atom stereocenters. The van der Waals surface area contributed by atoms with Crippen molar-refractivity contribution >= 4 is 27.5 Å². The van der Waals surface area contributed by atoms with Crippen LogP contribution in [-0.2, 0) is 21.4 Å². The molecule has 3 aromatic carbocycles. The Labute approximate surface area is 198 Å². The molecule has 1 N–H and O–H groups in total. The fourth-order valence-corrected chi connectivity index (χ4v) is 4.83. The molecule has 174 valence electrons. The summed E-state index contributed by atoms with van der Waals surface area (Å²) in [5.74, 6) is -0.315. The number of ether oxygens (including phenoxy) is 1. The Balaban J connectivity index is 1.84. The van der Waals surface area contributed by atoms with Crippen molar-refractivity contribution in [1.82, 2.24) is 9.62 Å². The maximum atomic E-state index is 13.3. The molecular weight excluding hydrogens is 467 g/mol. The molecule has 3 rings (SSSR count). The van der Waals surface area contributed by atoms with Gasteiger partial charge in [0.05, 0.1) is 24.6 Å². The minimum absolute atomic E-state index is 0.000381. The SMILES string of the molecule is COc1ccccc1[C@H](C)NC(=O)CN(Cc1ccc(F)cc1)S(=O)(=O)c1ccc(Cl)cc1. The molecule has 9 heteroatoms. The number of carbonyl (C=O) groups excluding carboxylic acids is 1. The van der Waals surface area contributed by atoms with E-state index in [0.29, 0.717) is 16.3 Å². The number of methoxy groups -OCH3 is 1. The van der Waals surface area contributed by atoms with Crippen molar-refractivity contribution in [1.29, 1.82) is 0 Å². The average molecular weight is 491 g/mol. The Morgan fingerprint density at radius 2 is 1.70 bits per heavy atom. The molecule has 0 spiro atoms. The molecule has 0 bridgehead atoms. The zero-order valence-electron chi connectivity index (χ0n) is 18.2. The van der Waals surface area contributed by atoms with Gasteiger partial charge in [0.2, 0.25) is 15.9 Å². The van der Waals surface area contributed by atoms with E-state index in [-0.39, 0.29) is 11.4 Å². The highest BCUT2D eigenvalue weighted by molar-refractivity contribution is 7.89. The van der Waals surface area contributed by atoms with Gasteiger partial charge in [0, 0.05) is 17.1 Å². The highest BCUT2D eigenvalue weighted by Gasteiger charge is 2.28. The molecule has 0 aliphatic carbocycles. The highest BCUT2D eigenvalue weighted by Crippen LogP contribution is 2.25. The largest absolute Gasteiger partial charge is 0.496 e. The van der Waals surface area contributed by atoms with E-state index in [1.807, 2.05) is 18.2 Å². The minimum atomic E-state index is -4.04. The van der Waals surface area contributed by atoms with Crippen LogP contribution in [0.25, 0.3) is 0 Å². The number of amides is 1. The van der Waals surface area contributed by atoms with Crippen molar-refractivity contribution in [3.63, 3.8) is 0 Å². The van der Waals surface area contributed by atoms with Gasteiger partial charge in [-0.2, -0.15) is 4.31 Å². The number of nitrogens with one attached hydrogen (secondary N) is 1. The fraction of sp³-hybridized carbons (Fsp3) is 0.208. The van der Waals surface area contributed by atoms with E-state index < -0.39 is 34.3 Å². The van der Waals surface area contributed by atoms with Crippen molar-refractivity contribution < 1.29 is 22.3 Å². The Hall–Kier alpha value is -2.94. The molecule has 3 aromatic rings. The molecule has 0 aliphatic rings. The van der Waals surface area contributed by atoms with E-state index >= 15 is 0 Å². The highest BCUT2D eigenvalue weighted by atomic mass is 35.5. The van der Waals surface area contributed by atoms with Crippen LogP contribution in [0.15, 0.2) is 77.7 Å². The molecule has 0 saturated carbocycles. The summed E-state index contributed by atoms with van der Waals surface area (Å²) in [5, 5.41) is 3.21. The van der Waals surface area contributed by atoms with Gasteiger partial charge in [-0.25, -0.2) is 12.8 Å². The smallest absolute Gasteiger partial charge is 0.243 e. The molecule has 33 heavy (non-hydrogen) atoms. The van der Waals surface area contributed by atoms with Crippen LogP contribution in [0.3, 0.4) is 0 Å². The van der Waals surface area contributed by atoms with Crippen LogP contribution >= 0.6 is 11.6 Å². The molecule has 0 heterocycles. The summed E-state index contributed by atoms with van der Waals surface area (Å²) >= 11 is 5.89. The van der Waals surface area contributed by atoms with Crippen LogP contribution in [0.5, 0.6) is 5.75 Å². The molecule has 1 atom stereocenters. The third-order valence-electron chi connectivity index (χ3n) is 5.03. The van der Waals surface area contributed by atoms with Crippen molar-refractivity contribution in [2.24, 2.45) is 0 Å². The molecule has 1 amide bonds. The lowest BCUT2D eigenvalue weighted by molar-refractivity contribution is -0.122. The summed E-state index contributed by atoms with van der Waals surface area (Å²) in [7, 11) is -2.50. The second-order valence-electron chi connectivity index (χ2n) is 7.38. The number of para-hydroxylation sites is 1. The number of hydrogen-bond acceptors (Lipinski definition) is 4. The zero-order valence-corrected chi connectivity index (χ0v) is 19.7. The Kier molecular flexibility index (Phi) is 8.07. The maximum Gasteiger partial charge on any atom is 0.243 e. The van der Waals surface area contributed by atoms with E-state index in [1.54, 1.807) is 13.0 Å². The Bertz CT molecular complexity index is 1200. The minimum Gasteiger partial charge on any atom is -0.496 e. The second kappa shape index (κ2) is 10.8. The van der Waals surface area contributed by atoms with Gasteiger partial charge in [0.15, 0.2) is 0 Å². The molecule has 0 aromatic heterocycles. The summed E-state index contributed by atoms with van der Waals surface area (Å²) in [4.78, 5) is 12.9. The Morgan fingerprint density at radius 3 is 2.33 bits per heavy atom. The lowest BCUT2D eigenvalue weighted by Crippen LogP contribution is -2.41. The topological polar surface area (TPSA) is 75.7 Å². The van der Waals surface area contributed by atoms with Crippen LogP contribution in [0.2, 0.25) is 5.02 Å². The van der Waals surface area contributed by atoms with Gasteiger partial charge >= 0.3 is 0 Å². The molecular formula is C24H24ClFN2O4S. The first-order chi connectivity index (χ1) is 15.7. The molecule has 0 saturated heterocycles. The van der Waals surface area contributed by atoms with Crippen LogP contribution in [-0.4, -0.2) is 32.3 Å². The summed E-state index contributed by atoms with van der Waals surface area (Å²) in [6.45, 7) is 1.25. The van der Waals surface area contributed by atoms with Gasteiger partial charge in [0.25, 0.3) is 0 Å². The van der Waals surface area contributed by atoms with Gasteiger partial charge in [0.1, 0.15) is 11.6 Å².